The van der Waals surface area contributed by atoms with Crippen LogP contribution in [0.1, 0.15) is 19.4 Å². The highest BCUT2D eigenvalue weighted by atomic mass is 19.4. The van der Waals surface area contributed by atoms with Crippen LogP contribution in [-0.2, 0) is 15.7 Å². The first-order chi connectivity index (χ1) is 14.2. The average Bonchev–Trinajstić information content (AvgIpc) is 2.68. The molecule has 2 aliphatic heterocycles. The SMILES string of the molecule is CCOC(=O)C1=C(CN2CCN(c3ccc(C(F)(F)F)cn3)CC2)NC(=O)NC1C. The van der Waals surface area contributed by atoms with Gasteiger partial charge in [-0.1, -0.05) is 0 Å². The molecule has 1 atom stereocenters. The molecule has 3 heterocycles. The first kappa shape index (κ1) is 21.9. The molecule has 1 aromatic rings. The highest BCUT2D eigenvalue weighted by Crippen LogP contribution is 2.29. The average molecular weight is 427 g/mol. The maximum atomic E-state index is 12.7. The normalized spacial score (nSPS) is 20.6. The van der Waals surface area contributed by atoms with E-state index in [-0.39, 0.29) is 12.6 Å². The fourth-order valence-electron chi connectivity index (χ4n) is 3.50. The molecule has 3 rings (SSSR count). The van der Waals surface area contributed by atoms with E-state index in [1.54, 1.807) is 13.8 Å². The van der Waals surface area contributed by atoms with Crippen molar-refractivity contribution in [3.8, 4) is 0 Å². The number of alkyl halides is 3. The van der Waals surface area contributed by atoms with Gasteiger partial charge in [0.2, 0.25) is 0 Å². The number of hydrogen-bond acceptors (Lipinski definition) is 6. The predicted octanol–water partition coefficient (Wildman–Crippen LogP) is 1.74. The molecule has 0 aromatic carbocycles. The summed E-state index contributed by atoms with van der Waals surface area (Å²) < 4.78 is 43.2. The summed E-state index contributed by atoms with van der Waals surface area (Å²) in [6.45, 7) is 6.34. The minimum absolute atomic E-state index is 0.231. The third-order valence-electron chi connectivity index (χ3n) is 5.02. The molecule has 0 aliphatic carbocycles. The van der Waals surface area contributed by atoms with Gasteiger partial charge in [0, 0.05) is 44.6 Å². The van der Waals surface area contributed by atoms with Crippen LogP contribution in [0.3, 0.4) is 0 Å². The highest BCUT2D eigenvalue weighted by Gasteiger charge is 2.32. The van der Waals surface area contributed by atoms with Crippen LogP contribution in [0.2, 0.25) is 0 Å². The molecule has 1 fully saturated rings. The molecule has 2 aliphatic rings. The number of halogens is 3. The van der Waals surface area contributed by atoms with E-state index in [9.17, 15) is 22.8 Å². The molecule has 11 heteroatoms. The summed E-state index contributed by atoms with van der Waals surface area (Å²) in [4.78, 5) is 32.1. The van der Waals surface area contributed by atoms with Gasteiger partial charge in [-0.15, -0.1) is 0 Å². The number of hydrogen-bond donors (Lipinski definition) is 2. The number of carbonyl (C=O) groups is 2. The summed E-state index contributed by atoms with van der Waals surface area (Å²) in [6.07, 6.45) is -3.57. The second-order valence-electron chi connectivity index (χ2n) is 7.10. The minimum Gasteiger partial charge on any atom is -0.463 e. The van der Waals surface area contributed by atoms with Crippen LogP contribution >= 0.6 is 0 Å². The van der Waals surface area contributed by atoms with E-state index >= 15 is 0 Å². The minimum atomic E-state index is -4.41. The number of urea groups is 1. The lowest BCUT2D eigenvalue weighted by molar-refractivity contribution is -0.139. The molecule has 2 amide bonds. The van der Waals surface area contributed by atoms with Crippen molar-refractivity contribution in [3.63, 3.8) is 0 Å². The fraction of sp³-hybridized carbons (Fsp3) is 0.526. The fourth-order valence-corrected chi connectivity index (χ4v) is 3.50. The third kappa shape index (κ3) is 5.02. The standard InChI is InChI=1S/C19H24F3N5O3/c1-3-30-17(28)16-12(2)24-18(29)25-14(16)11-26-6-8-27(9-7-26)15-5-4-13(10-23-15)19(20,21)22/h4-5,10,12H,3,6-9,11H2,1-2H3,(H2,24,25,29). The predicted molar refractivity (Wildman–Crippen MR) is 103 cm³/mol. The Morgan fingerprint density at radius 3 is 2.53 bits per heavy atom. The lowest BCUT2D eigenvalue weighted by Crippen LogP contribution is -2.53. The number of rotatable bonds is 5. The molecule has 0 bridgehead atoms. The van der Waals surface area contributed by atoms with Gasteiger partial charge in [0.25, 0.3) is 0 Å². The van der Waals surface area contributed by atoms with Crippen LogP contribution in [0.4, 0.5) is 23.8 Å². The van der Waals surface area contributed by atoms with Crippen molar-refractivity contribution in [1.82, 2.24) is 20.5 Å². The summed E-state index contributed by atoms with van der Waals surface area (Å²) in [5.74, 6) is 0.0120. The van der Waals surface area contributed by atoms with Crippen molar-refractivity contribution in [3.05, 3.63) is 35.2 Å². The molecular formula is C19H24F3N5O3. The number of esters is 1. The molecule has 0 saturated carbocycles. The number of ether oxygens (including phenoxy) is 1. The molecule has 0 spiro atoms. The molecule has 1 saturated heterocycles. The van der Waals surface area contributed by atoms with E-state index in [0.29, 0.717) is 49.8 Å². The smallest absolute Gasteiger partial charge is 0.417 e. The number of nitrogens with zero attached hydrogens (tertiary/aromatic N) is 3. The maximum Gasteiger partial charge on any atom is 0.417 e. The molecule has 0 radical (unpaired) electrons. The van der Waals surface area contributed by atoms with Crippen molar-refractivity contribution in [2.75, 3.05) is 44.2 Å². The Labute approximate surface area is 172 Å². The van der Waals surface area contributed by atoms with Crippen LogP contribution in [-0.4, -0.2) is 67.3 Å². The molecule has 164 valence electrons. The Hall–Kier alpha value is -2.82. The van der Waals surface area contributed by atoms with E-state index in [0.717, 1.165) is 12.3 Å². The van der Waals surface area contributed by atoms with E-state index < -0.39 is 23.8 Å². The number of anilines is 1. The monoisotopic (exact) mass is 427 g/mol. The van der Waals surface area contributed by atoms with Crippen molar-refractivity contribution < 1.29 is 27.5 Å². The third-order valence-corrected chi connectivity index (χ3v) is 5.02. The quantitative estimate of drug-likeness (QED) is 0.697. The van der Waals surface area contributed by atoms with Crippen molar-refractivity contribution >= 4 is 17.8 Å². The topological polar surface area (TPSA) is 86.8 Å². The summed E-state index contributed by atoms with van der Waals surface area (Å²) in [6, 6.07) is 1.55. The Morgan fingerprint density at radius 1 is 1.27 bits per heavy atom. The zero-order valence-electron chi connectivity index (χ0n) is 16.8. The van der Waals surface area contributed by atoms with Gasteiger partial charge in [0.15, 0.2) is 0 Å². The van der Waals surface area contributed by atoms with E-state index in [1.165, 1.54) is 6.07 Å². The summed E-state index contributed by atoms with van der Waals surface area (Å²) in [7, 11) is 0. The first-order valence-electron chi connectivity index (χ1n) is 9.67. The maximum absolute atomic E-state index is 12.7. The second-order valence-corrected chi connectivity index (χ2v) is 7.10. The number of aromatic nitrogens is 1. The summed E-state index contributed by atoms with van der Waals surface area (Å²) in [5.41, 5.74) is 0.119. The van der Waals surface area contributed by atoms with Crippen LogP contribution in [0.15, 0.2) is 29.6 Å². The van der Waals surface area contributed by atoms with Gasteiger partial charge in [0.05, 0.1) is 23.8 Å². The lowest BCUT2D eigenvalue weighted by atomic mass is 10.0. The van der Waals surface area contributed by atoms with Gasteiger partial charge >= 0.3 is 18.2 Å². The highest BCUT2D eigenvalue weighted by molar-refractivity contribution is 5.94. The van der Waals surface area contributed by atoms with Crippen LogP contribution in [0.25, 0.3) is 0 Å². The van der Waals surface area contributed by atoms with Gasteiger partial charge < -0.3 is 20.3 Å². The Bertz CT molecular complexity index is 818. The van der Waals surface area contributed by atoms with Crippen molar-refractivity contribution in [2.24, 2.45) is 0 Å². The largest absolute Gasteiger partial charge is 0.463 e. The van der Waals surface area contributed by atoms with Crippen LogP contribution < -0.4 is 15.5 Å². The van der Waals surface area contributed by atoms with Gasteiger partial charge in [-0.2, -0.15) is 13.2 Å². The molecule has 1 aromatic heterocycles. The second kappa shape index (κ2) is 8.90. The van der Waals surface area contributed by atoms with Crippen LogP contribution in [0.5, 0.6) is 0 Å². The van der Waals surface area contributed by atoms with Gasteiger partial charge in [0.1, 0.15) is 5.82 Å². The van der Waals surface area contributed by atoms with Gasteiger partial charge in [-0.05, 0) is 26.0 Å². The number of pyridine rings is 1. The summed E-state index contributed by atoms with van der Waals surface area (Å²) >= 11 is 0. The number of piperazine rings is 1. The Balaban J connectivity index is 1.65. The summed E-state index contributed by atoms with van der Waals surface area (Å²) in [5, 5.41) is 5.36. The molecular weight excluding hydrogens is 403 g/mol. The lowest BCUT2D eigenvalue weighted by Gasteiger charge is -2.37. The zero-order valence-corrected chi connectivity index (χ0v) is 16.8. The Kier molecular flexibility index (Phi) is 6.49. The van der Waals surface area contributed by atoms with Crippen molar-refractivity contribution in [1.29, 1.82) is 0 Å². The first-order valence-corrected chi connectivity index (χ1v) is 9.67. The van der Waals surface area contributed by atoms with E-state index in [4.69, 9.17) is 4.74 Å². The molecule has 1 unspecified atom stereocenters. The molecule has 8 nitrogen and oxygen atoms in total. The molecule has 30 heavy (non-hydrogen) atoms. The van der Waals surface area contributed by atoms with Gasteiger partial charge in [-0.25, -0.2) is 14.6 Å². The van der Waals surface area contributed by atoms with E-state index in [1.807, 2.05) is 4.90 Å². The molecule has 2 N–H and O–H groups in total. The number of nitrogens with one attached hydrogen (secondary N) is 2. The van der Waals surface area contributed by atoms with Crippen molar-refractivity contribution in [2.45, 2.75) is 26.1 Å². The Morgan fingerprint density at radius 2 is 1.97 bits per heavy atom. The van der Waals surface area contributed by atoms with Gasteiger partial charge in [-0.3, -0.25) is 4.90 Å². The van der Waals surface area contributed by atoms with Crippen LogP contribution in [0, 0.1) is 0 Å². The number of amides is 2. The number of carbonyl (C=O) groups excluding carboxylic acids is 2. The zero-order chi connectivity index (χ0) is 21.9. The van der Waals surface area contributed by atoms with E-state index in [2.05, 4.69) is 20.5 Å².